The molecule has 0 atom stereocenters. The molecule has 0 aliphatic heterocycles. The third-order valence-corrected chi connectivity index (χ3v) is 4.10. The number of rotatable bonds is 4. The van der Waals surface area contributed by atoms with Gasteiger partial charge in [0.15, 0.2) is 5.78 Å². The van der Waals surface area contributed by atoms with Crippen LogP contribution < -0.4 is 0 Å². The Hall–Kier alpha value is -1.15. The Balaban J connectivity index is 1.88. The van der Waals surface area contributed by atoms with Crippen LogP contribution in [0.1, 0.15) is 44.6 Å². The van der Waals surface area contributed by atoms with Gasteiger partial charge in [0.25, 0.3) is 0 Å². The lowest BCUT2D eigenvalue weighted by Crippen LogP contribution is -2.42. The van der Waals surface area contributed by atoms with Crippen molar-refractivity contribution in [1.82, 2.24) is 0 Å². The van der Waals surface area contributed by atoms with Crippen LogP contribution in [-0.4, -0.2) is 16.5 Å². The number of aliphatic hydroxyl groups is 1. The van der Waals surface area contributed by atoms with Crippen LogP contribution in [0.3, 0.4) is 0 Å². The van der Waals surface area contributed by atoms with Crippen LogP contribution in [-0.2, 0) is 11.2 Å². The van der Waals surface area contributed by atoms with Gasteiger partial charge < -0.3 is 5.11 Å². The molecule has 0 unspecified atom stereocenters. The quantitative estimate of drug-likeness (QED) is 0.886. The van der Waals surface area contributed by atoms with Gasteiger partial charge in [0.2, 0.25) is 0 Å². The van der Waals surface area contributed by atoms with E-state index < -0.39 is 5.60 Å². The second kappa shape index (κ2) is 5.66. The fraction of sp³-hybridized carbons (Fsp3) is 0.562. The van der Waals surface area contributed by atoms with Crippen molar-refractivity contribution >= 4 is 5.78 Å². The van der Waals surface area contributed by atoms with Crippen molar-refractivity contribution in [3.63, 3.8) is 0 Å². The van der Waals surface area contributed by atoms with Gasteiger partial charge in [-0.1, -0.05) is 37.3 Å². The molecule has 1 aliphatic rings. The van der Waals surface area contributed by atoms with E-state index in [1.165, 1.54) is 5.56 Å². The van der Waals surface area contributed by atoms with E-state index >= 15 is 0 Å². The molecular formula is C16H22O2. The van der Waals surface area contributed by atoms with Crippen LogP contribution in [0, 0.1) is 5.92 Å². The van der Waals surface area contributed by atoms with Gasteiger partial charge in [0.05, 0.1) is 0 Å². The van der Waals surface area contributed by atoms with Crippen molar-refractivity contribution in [1.29, 1.82) is 0 Å². The fourth-order valence-electron chi connectivity index (χ4n) is 2.65. The first kappa shape index (κ1) is 13.3. The molecule has 1 aromatic carbocycles. The van der Waals surface area contributed by atoms with E-state index in [1.807, 2.05) is 30.3 Å². The van der Waals surface area contributed by atoms with Crippen molar-refractivity contribution in [2.45, 2.75) is 51.0 Å². The minimum Gasteiger partial charge on any atom is -0.382 e. The SMILES string of the molecule is CC1CCC(O)(C(=O)CCc2ccccc2)CC1. The highest BCUT2D eigenvalue weighted by atomic mass is 16.3. The van der Waals surface area contributed by atoms with Crippen LogP contribution in [0.25, 0.3) is 0 Å². The van der Waals surface area contributed by atoms with E-state index in [4.69, 9.17) is 0 Å². The number of hydrogen-bond donors (Lipinski definition) is 1. The summed E-state index contributed by atoms with van der Waals surface area (Å²) in [5.41, 5.74) is 0.125. The summed E-state index contributed by atoms with van der Waals surface area (Å²) in [6.45, 7) is 2.19. The molecule has 0 amide bonds. The number of carbonyl (C=O) groups is 1. The predicted molar refractivity (Wildman–Crippen MR) is 72.4 cm³/mol. The number of Topliss-reactive ketones (excluding diaryl/α,β-unsaturated/α-hetero) is 1. The molecule has 18 heavy (non-hydrogen) atoms. The van der Waals surface area contributed by atoms with Gasteiger partial charge in [-0.25, -0.2) is 0 Å². The number of carbonyl (C=O) groups excluding carboxylic acids is 1. The number of ketones is 1. The average molecular weight is 246 g/mol. The Kier molecular flexibility index (Phi) is 4.18. The molecule has 2 heteroatoms. The summed E-state index contributed by atoms with van der Waals surface area (Å²) in [7, 11) is 0. The Morgan fingerprint density at radius 1 is 1.28 bits per heavy atom. The molecule has 0 radical (unpaired) electrons. The Morgan fingerprint density at radius 3 is 2.50 bits per heavy atom. The standard InChI is InChI=1S/C16H22O2/c1-13-9-11-16(18,12-10-13)15(17)8-7-14-5-3-2-4-6-14/h2-6,13,18H,7-12H2,1H3. The summed E-state index contributed by atoms with van der Waals surface area (Å²) in [6, 6.07) is 10.00. The Bertz CT molecular complexity index is 389. The molecule has 98 valence electrons. The average Bonchev–Trinajstić information content (AvgIpc) is 2.41. The van der Waals surface area contributed by atoms with Crippen molar-refractivity contribution < 1.29 is 9.90 Å². The highest BCUT2D eigenvalue weighted by Crippen LogP contribution is 2.33. The van der Waals surface area contributed by atoms with Crippen LogP contribution in [0.5, 0.6) is 0 Å². The van der Waals surface area contributed by atoms with E-state index in [-0.39, 0.29) is 5.78 Å². The third-order valence-electron chi connectivity index (χ3n) is 4.10. The molecule has 1 N–H and O–H groups in total. The lowest BCUT2D eigenvalue weighted by atomic mass is 9.76. The maximum atomic E-state index is 12.1. The van der Waals surface area contributed by atoms with Gasteiger partial charge >= 0.3 is 0 Å². The summed E-state index contributed by atoms with van der Waals surface area (Å²) in [5, 5.41) is 10.4. The highest BCUT2D eigenvalue weighted by molar-refractivity contribution is 5.87. The monoisotopic (exact) mass is 246 g/mol. The second-order valence-corrected chi connectivity index (χ2v) is 5.62. The number of hydrogen-bond acceptors (Lipinski definition) is 2. The van der Waals surface area contributed by atoms with E-state index in [2.05, 4.69) is 6.92 Å². The zero-order chi connectivity index (χ0) is 13.0. The largest absolute Gasteiger partial charge is 0.382 e. The summed E-state index contributed by atoms with van der Waals surface area (Å²) < 4.78 is 0. The molecule has 0 heterocycles. The first-order valence-corrected chi connectivity index (χ1v) is 6.90. The normalized spacial score (nSPS) is 28.0. The smallest absolute Gasteiger partial charge is 0.164 e. The molecule has 0 saturated heterocycles. The van der Waals surface area contributed by atoms with Gasteiger partial charge in [0.1, 0.15) is 5.60 Å². The lowest BCUT2D eigenvalue weighted by Gasteiger charge is -2.33. The molecular weight excluding hydrogens is 224 g/mol. The molecule has 1 saturated carbocycles. The van der Waals surface area contributed by atoms with Crippen LogP contribution in [0.4, 0.5) is 0 Å². The van der Waals surface area contributed by atoms with E-state index in [1.54, 1.807) is 0 Å². The maximum Gasteiger partial charge on any atom is 0.164 e. The second-order valence-electron chi connectivity index (χ2n) is 5.62. The summed E-state index contributed by atoms with van der Waals surface area (Å²) >= 11 is 0. The highest BCUT2D eigenvalue weighted by Gasteiger charge is 2.37. The van der Waals surface area contributed by atoms with E-state index in [9.17, 15) is 9.90 Å². The molecule has 0 spiro atoms. The molecule has 1 aliphatic carbocycles. The van der Waals surface area contributed by atoms with Crippen molar-refractivity contribution in [2.24, 2.45) is 5.92 Å². The number of benzene rings is 1. The van der Waals surface area contributed by atoms with Gasteiger partial charge in [-0.2, -0.15) is 0 Å². The molecule has 2 rings (SSSR count). The summed E-state index contributed by atoms with van der Waals surface area (Å²) in [5.74, 6) is 0.672. The zero-order valence-electron chi connectivity index (χ0n) is 11.1. The lowest BCUT2D eigenvalue weighted by molar-refractivity contribution is -0.141. The molecule has 0 bridgehead atoms. The summed E-state index contributed by atoms with van der Waals surface area (Å²) in [4.78, 5) is 12.1. The molecule has 0 aromatic heterocycles. The van der Waals surface area contributed by atoms with Gasteiger partial charge in [-0.3, -0.25) is 4.79 Å². The first-order chi connectivity index (χ1) is 8.60. The van der Waals surface area contributed by atoms with Crippen molar-refractivity contribution in [3.8, 4) is 0 Å². The zero-order valence-corrected chi connectivity index (χ0v) is 11.1. The number of aryl methyl sites for hydroxylation is 1. The molecule has 1 fully saturated rings. The van der Waals surface area contributed by atoms with Crippen LogP contribution >= 0.6 is 0 Å². The van der Waals surface area contributed by atoms with Crippen LogP contribution in [0.15, 0.2) is 30.3 Å². The van der Waals surface area contributed by atoms with Gasteiger partial charge in [-0.05, 0) is 43.6 Å². The topological polar surface area (TPSA) is 37.3 Å². The van der Waals surface area contributed by atoms with E-state index in [0.717, 1.165) is 19.3 Å². The molecule has 1 aromatic rings. The van der Waals surface area contributed by atoms with Crippen molar-refractivity contribution in [3.05, 3.63) is 35.9 Å². The third kappa shape index (κ3) is 3.20. The predicted octanol–water partition coefficient (Wildman–Crippen LogP) is 3.13. The molecule has 2 nitrogen and oxygen atoms in total. The van der Waals surface area contributed by atoms with E-state index in [0.29, 0.717) is 25.2 Å². The van der Waals surface area contributed by atoms with Gasteiger partial charge in [-0.15, -0.1) is 0 Å². The Morgan fingerprint density at radius 2 is 1.89 bits per heavy atom. The van der Waals surface area contributed by atoms with Crippen LogP contribution in [0.2, 0.25) is 0 Å². The summed E-state index contributed by atoms with van der Waals surface area (Å²) in [6.07, 6.45) is 4.40. The maximum absolute atomic E-state index is 12.1. The minimum atomic E-state index is -1.04. The fourth-order valence-corrected chi connectivity index (χ4v) is 2.65. The minimum absolute atomic E-state index is 0.0262. The first-order valence-electron chi connectivity index (χ1n) is 6.90. The van der Waals surface area contributed by atoms with Crippen molar-refractivity contribution in [2.75, 3.05) is 0 Å². The van der Waals surface area contributed by atoms with Gasteiger partial charge in [0, 0.05) is 6.42 Å². The Labute approximate surface area is 109 Å².